The first-order valence-electron chi connectivity index (χ1n) is 7.58. The SMILES string of the molecule is CCN(CCOCSOOO)CCN(CC)CCOCSOOO. The molecule has 0 aliphatic heterocycles. The second-order valence-electron chi connectivity index (χ2n) is 4.44. The topological polar surface area (TPSA) is 102 Å². The van der Waals surface area contributed by atoms with Crippen LogP contribution >= 0.6 is 24.1 Å². The molecule has 0 radical (unpaired) electrons. The predicted octanol–water partition coefficient (Wildman–Crippen LogP) is 1.72. The van der Waals surface area contributed by atoms with E-state index < -0.39 is 0 Å². The summed E-state index contributed by atoms with van der Waals surface area (Å²) in [6.07, 6.45) is 0. The first-order valence-corrected chi connectivity index (χ1v) is 9.40. The van der Waals surface area contributed by atoms with Gasteiger partial charge in [-0.3, -0.25) is 0 Å². The van der Waals surface area contributed by atoms with Crippen LogP contribution in [-0.4, -0.2) is 84.7 Å². The van der Waals surface area contributed by atoms with Crippen molar-refractivity contribution >= 4 is 24.1 Å². The molecule has 146 valence electrons. The predicted molar refractivity (Wildman–Crippen MR) is 90.6 cm³/mol. The van der Waals surface area contributed by atoms with Gasteiger partial charge < -0.3 is 19.3 Å². The van der Waals surface area contributed by atoms with Gasteiger partial charge in [0.2, 0.25) is 0 Å². The maximum absolute atomic E-state index is 7.97. The summed E-state index contributed by atoms with van der Waals surface area (Å²) in [6, 6.07) is 0. The van der Waals surface area contributed by atoms with Crippen LogP contribution in [0.1, 0.15) is 13.8 Å². The van der Waals surface area contributed by atoms with Gasteiger partial charge in [-0.05, 0) is 13.1 Å². The Morgan fingerprint density at radius 1 is 0.708 bits per heavy atom. The van der Waals surface area contributed by atoms with Gasteiger partial charge in [0.25, 0.3) is 0 Å². The molecule has 12 heteroatoms. The van der Waals surface area contributed by atoms with Gasteiger partial charge in [0.15, 0.2) is 0 Å². The summed E-state index contributed by atoms with van der Waals surface area (Å²) in [7, 11) is 0. The van der Waals surface area contributed by atoms with Gasteiger partial charge in [0.05, 0.1) is 37.3 Å². The van der Waals surface area contributed by atoms with Crippen LogP contribution in [0.15, 0.2) is 0 Å². The Hall–Kier alpha value is 0.300. The first-order chi connectivity index (χ1) is 11.8. The lowest BCUT2D eigenvalue weighted by atomic mass is 10.4. The van der Waals surface area contributed by atoms with Crippen molar-refractivity contribution in [3.8, 4) is 0 Å². The van der Waals surface area contributed by atoms with E-state index in [4.69, 9.17) is 20.0 Å². The summed E-state index contributed by atoms with van der Waals surface area (Å²) < 4.78 is 19.1. The summed E-state index contributed by atoms with van der Waals surface area (Å²) in [5, 5.41) is 22.9. The van der Waals surface area contributed by atoms with Gasteiger partial charge >= 0.3 is 0 Å². The van der Waals surface area contributed by atoms with E-state index in [1.165, 1.54) is 0 Å². The van der Waals surface area contributed by atoms with Crippen LogP contribution in [0.4, 0.5) is 0 Å². The number of ether oxygens (including phenoxy) is 2. The minimum Gasteiger partial charge on any atom is -0.367 e. The highest BCUT2D eigenvalue weighted by atomic mass is 32.2. The van der Waals surface area contributed by atoms with Crippen molar-refractivity contribution in [2.45, 2.75) is 13.8 Å². The fourth-order valence-electron chi connectivity index (χ4n) is 1.79. The van der Waals surface area contributed by atoms with Crippen LogP contribution in [0.25, 0.3) is 0 Å². The fraction of sp³-hybridized carbons (Fsp3) is 1.00. The summed E-state index contributed by atoms with van der Waals surface area (Å²) in [4.78, 5) is 4.58. The zero-order chi connectivity index (χ0) is 17.9. The Labute approximate surface area is 151 Å². The fourth-order valence-corrected chi connectivity index (χ4v) is 2.33. The molecule has 0 aromatic heterocycles. The van der Waals surface area contributed by atoms with Gasteiger partial charge in [-0.25, -0.2) is 10.5 Å². The van der Waals surface area contributed by atoms with E-state index in [-0.39, 0.29) is 0 Å². The number of hydrogen-bond acceptors (Lipinski definition) is 12. The molecule has 0 spiro atoms. The minimum absolute atomic E-state index is 0.291. The molecule has 0 unspecified atom stereocenters. The van der Waals surface area contributed by atoms with Gasteiger partial charge in [0.1, 0.15) is 11.9 Å². The average molecular weight is 392 g/mol. The summed E-state index contributed by atoms with van der Waals surface area (Å²) in [6.45, 7) is 10.8. The number of rotatable bonds is 19. The van der Waals surface area contributed by atoms with Crippen LogP contribution in [0.5, 0.6) is 0 Å². The lowest BCUT2D eigenvalue weighted by molar-refractivity contribution is -0.432. The highest BCUT2D eigenvalue weighted by Gasteiger charge is 2.07. The molecule has 0 fully saturated rings. The third kappa shape index (κ3) is 15.8. The summed E-state index contributed by atoms with van der Waals surface area (Å²) in [5.74, 6) is 0.583. The van der Waals surface area contributed by atoms with Crippen molar-refractivity contribution in [2.75, 3.05) is 64.4 Å². The maximum atomic E-state index is 7.97. The Morgan fingerprint density at radius 3 is 1.46 bits per heavy atom. The highest BCUT2D eigenvalue weighted by Crippen LogP contribution is 2.03. The highest BCUT2D eigenvalue weighted by molar-refractivity contribution is 7.94. The van der Waals surface area contributed by atoms with Gasteiger partial charge in [-0.15, -0.1) is 8.67 Å². The van der Waals surface area contributed by atoms with E-state index in [0.717, 1.165) is 63.4 Å². The second-order valence-corrected chi connectivity index (χ2v) is 5.66. The van der Waals surface area contributed by atoms with Gasteiger partial charge in [-0.2, -0.15) is 0 Å². The molecule has 10 nitrogen and oxygen atoms in total. The van der Waals surface area contributed by atoms with Crippen LogP contribution in [0, 0.1) is 0 Å². The lowest BCUT2D eigenvalue weighted by Gasteiger charge is -2.25. The monoisotopic (exact) mass is 392 g/mol. The largest absolute Gasteiger partial charge is 0.367 e. The van der Waals surface area contributed by atoms with Crippen LogP contribution < -0.4 is 0 Å². The molecular weight excluding hydrogens is 364 g/mol. The lowest BCUT2D eigenvalue weighted by Crippen LogP contribution is -2.38. The van der Waals surface area contributed by atoms with E-state index >= 15 is 0 Å². The summed E-state index contributed by atoms with van der Waals surface area (Å²) >= 11 is 1.77. The van der Waals surface area contributed by atoms with Crippen molar-refractivity contribution in [3.63, 3.8) is 0 Å². The molecule has 0 aromatic carbocycles. The average Bonchev–Trinajstić information content (AvgIpc) is 2.61. The van der Waals surface area contributed by atoms with Crippen LogP contribution in [0.2, 0.25) is 0 Å². The number of nitrogens with zero attached hydrogens (tertiary/aromatic N) is 2. The normalized spacial score (nSPS) is 11.8. The van der Waals surface area contributed by atoms with E-state index in [9.17, 15) is 0 Å². The molecule has 0 saturated carbocycles. The third-order valence-corrected chi connectivity index (χ3v) is 3.99. The zero-order valence-electron chi connectivity index (χ0n) is 14.1. The quantitative estimate of drug-likeness (QED) is 0.110. The molecule has 0 saturated heterocycles. The summed E-state index contributed by atoms with van der Waals surface area (Å²) in [5.41, 5.74) is 0. The van der Waals surface area contributed by atoms with E-state index in [2.05, 4.69) is 42.4 Å². The first kappa shape index (κ1) is 24.3. The molecule has 24 heavy (non-hydrogen) atoms. The zero-order valence-corrected chi connectivity index (χ0v) is 15.8. The van der Waals surface area contributed by atoms with Crippen molar-refractivity contribution in [1.29, 1.82) is 0 Å². The molecule has 0 aromatic rings. The molecular formula is C12H28N2O8S2. The third-order valence-electron chi connectivity index (χ3n) is 3.15. The Balaban J connectivity index is 3.66. The van der Waals surface area contributed by atoms with E-state index in [1.807, 2.05) is 0 Å². The molecule has 0 atom stereocenters. The number of likely N-dealkylation sites (N-methyl/N-ethyl adjacent to an activating group) is 2. The van der Waals surface area contributed by atoms with Gasteiger partial charge in [0, 0.05) is 26.2 Å². The maximum Gasteiger partial charge on any atom is 0.121 e. The molecule has 0 bridgehead atoms. The molecule has 0 aliphatic carbocycles. The molecule has 0 heterocycles. The Kier molecular flexibility index (Phi) is 19.9. The molecule has 2 N–H and O–H groups in total. The van der Waals surface area contributed by atoms with Gasteiger partial charge in [-0.1, -0.05) is 23.9 Å². The van der Waals surface area contributed by atoms with Crippen molar-refractivity contribution < 1.29 is 38.7 Å². The molecule has 0 rings (SSSR count). The molecule has 0 aliphatic rings. The number of hydrogen-bond donors (Lipinski definition) is 2. The van der Waals surface area contributed by atoms with Crippen molar-refractivity contribution in [3.05, 3.63) is 0 Å². The van der Waals surface area contributed by atoms with Crippen LogP contribution in [0.3, 0.4) is 0 Å². The molecule has 0 amide bonds. The van der Waals surface area contributed by atoms with E-state index in [0.29, 0.717) is 25.1 Å². The minimum atomic E-state index is 0.291. The van der Waals surface area contributed by atoms with Crippen LogP contribution in [-0.2, 0) is 28.2 Å². The Morgan fingerprint density at radius 2 is 1.12 bits per heavy atom. The van der Waals surface area contributed by atoms with Crippen molar-refractivity contribution in [2.24, 2.45) is 0 Å². The van der Waals surface area contributed by atoms with Crippen molar-refractivity contribution in [1.82, 2.24) is 9.80 Å². The Bertz CT molecular complexity index is 235. The standard InChI is InChI=1S/C12H28N2O8S2/c1-3-13(7-9-17-11-23-21-19-15)5-6-14(4-2)8-10-18-12-24-22-20-16/h15-16H,3-12H2,1-2H3. The smallest absolute Gasteiger partial charge is 0.121 e. The van der Waals surface area contributed by atoms with E-state index in [1.54, 1.807) is 0 Å². The second kappa shape index (κ2) is 19.6.